The first-order valence-corrected chi connectivity index (χ1v) is 8.15. The molecule has 2 amide bonds. The standard InChI is InChI=1S/C17H12Cl2N4O3/c1-9-5-15(23-26-9)22-17(25)14-4-2-3-13(21-14)16(24)20-12-7-10(18)6-11(19)8-12/h2-8H,1H3,(H,20,24)(H,22,23,25). The van der Waals surface area contributed by atoms with Gasteiger partial charge in [-0.05, 0) is 37.3 Å². The molecule has 0 atom stereocenters. The predicted octanol–water partition coefficient (Wildman–Crippen LogP) is 4.19. The third-order valence-corrected chi connectivity index (χ3v) is 3.64. The molecule has 26 heavy (non-hydrogen) atoms. The van der Waals surface area contributed by atoms with Gasteiger partial charge in [-0.1, -0.05) is 34.4 Å². The van der Waals surface area contributed by atoms with Gasteiger partial charge in [0.1, 0.15) is 17.1 Å². The second kappa shape index (κ2) is 7.55. The minimum absolute atomic E-state index is 0.0578. The van der Waals surface area contributed by atoms with Crippen LogP contribution in [0.2, 0.25) is 10.0 Å². The van der Waals surface area contributed by atoms with Crippen LogP contribution in [-0.4, -0.2) is 22.0 Å². The lowest BCUT2D eigenvalue weighted by Crippen LogP contribution is -2.18. The Bertz CT molecular complexity index is 967. The van der Waals surface area contributed by atoms with E-state index < -0.39 is 11.8 Å². The Morgan fingerprint density at radius 2 is 1.58 bits per heavy atom. The van der Waals surface area contributed by atoms with Gasteiger partial charge >= 0.3 is 0 Å². The number of hydrogen-bond donors (Lipinski definition) is 2. The van der Waals surface area contributed by atoms with E-state index in [0.29, 0.717) is 21.5 Å². The van der Waals surface area contributed by atoms with Crippen LogP contribution in [0.1, 0.15) is 26.7 Å². The lowest BCUT2D eigenvalue weighted by molar-refractivity contribution is 0.101. The van der Waals surface area contributed by atoms with E-state index in [1.807, 2.05) is 0 Å². The zero-order chi connectivity index (χ0) is 18.7. The van der Waals surface area contributed by atoms with Crippen molar-refractivity contribution in [1.29, 1.82) is 0 Å². The number of carbonyl (C=O) groups excluding carboxylic acids is 2. The Hall–Kier alpha value is -2.90. The van der Waals surface area contributed by atoms with Crippen molar-refractivity contribution in [2.75, 3.05) is 10.6 Å². The molecule has 0 unspecified atom stereocenters. The first-order chi connectivity index (χ1) is 12.4. The van der Waals surface area contributed by atoms with E-state index >= 15 is 0 Å². The molecule has 0 aliphatic rings. The van der Waals surface area contributed by atoms with Gasteiger partial charge in [0.2, 0.25) is 0 Å². The summed E-state index contributed by atoms with van der Waals surface area (Å²) in [5, 5.41) is 9.61. The average molecular weight is 391 g/mol. The van der Waals surface area contributed by atoms with Crippen LogP contribution < -0.4 is 10.6 Å². The maximum atomic E-state index is 12.4. The minimum atomic E-state index is -0.515. The van der Waals surface area contributed by atoms with Gasteiger partial charge in [-0.15, -0.1) is 0 Å². The van der Waals surface area contributed by atoms with Gasteiger partial charge in [-0.2, -0.15) is 0 Å². The molecule has 1 aromatic carbocycles. The quantitative estimate of drug-likeness (QED) is 0.695. The summed E-state index contributed by atoms with van der Waals surface area (Å²) in [6, 6.07) is 10.7. The van der Waals surface area contributed by atoms with Crippen molar-refractivity contribution in [1.82, 2.24) is 10.1 Å². The fraction of sp³-hybridized carbons (Fsp3) is 0.0588. The topological polar surface area (TPSA) is 97.1 Å². The Kier molecular flexibility index (Phi) is 5.20. The van der Waals surface area contributed by atoms with Crippen LogP contribution in [0.4, 0.5) is 11.5 Å². The molecule has 9 heteroatoms. The van der Waals surface area contributed by atoms with E-state index in [2.05, 4.69) is 20.8 Å². The summed E-state index contributed by atoms with van der Waals surface area (Å²) in [6.07, 6.45) is 0. The molecule has 7 nitrogen and oxygen atoms in total. The maximum absolute atomic E-state index is 12.4. The van der Waals surface area contributed by atoms with E-state index in [-0.39, 0.29) is 17.2 Å². The summed E-state index contributed by atoms with van der Waals surface area (Å²) in [5.41, 5.74) is 0.537. The number of nitrogens with one attached hydrogen (secondary N) is 2. The smallest absolute Gasteiger partial charge is 0.275 e. The van der Waals surface area contributed by atoms with Crippen molar-refractivity contribution >= 4 is 46.5 Å². The number of aromatic nitrogens is 2. The predicted molar refractivity (Wildman–Crippen MR) is 97.8 cm³/mol. The fourth-order valence-electron chi connectivity index (χ4n) is 2.11. The van der Waals surface area contributed by atoms with Crippen LogP contribution in [0.15, 0.2) is 47.0 Å². The molecule has 0 saturated carbocycles. The summed E-state index contributed by atoms with van der Waals surface area (Å²) in [5.74, 6) is -0.201. The Morgan fingerprint density at radius 3 is 2.15 bits per heavy atom. The molecular formula is C17H12Cl2N4O3. The van der Waals surface area contributed by atoms with Crippen molar-refractivity contribution in [3.05, 3.63) is 69.7 Å². The summed E-state index contributed by atoms with van der Waals surface area (Å²) in [4.78, 5) is 28.6. The van der Waals surface area contributed by atoms with Gasteiger partial charge in [-0.25, -0.2) is 4.98 Å². The van der Waals surface area contributed by atoms with Crippen LogP contribution >= 0.6 is 23.2 Å². The molecule has 132 valence electrons. The van der Waals surface area contributed by atoms with Crippen LogP contribution in [0, 0.1) is 6.92 Å². The number of amides is 2. The van der Waals surface area contributed by atoms with Crippen molar-refractivity contribution in [3.8, 4) is 0 Å². The van der Waals surface area contributed by atoms with Gasteiger partial charge in [0.25, 0.3) is 11.8 Å². The van der Waals surface area contributed by atoms with Crippen LogP contribution in [-0.2, 0) is 0 Å². The second-order valence-corrected chi connectivity index (χ2v) is 6.17. The van der Waals surface area contributed by atoms with E-state index in [1.54, 1.807) is 37.3 Å². The number of halogens is 2. The molecule has 0 aliphatic heterocycles. The summed E-state index contributed by atoms with van der Waals surface area (Å²) in [7, 11) is 0. The molecule has 0 saturated heterocycles. The molecular weight excluding hydrogens is 379 g/mol. The number of hydrogen-bond acceptors (Lipinski definition) is 5. The van der Waals surface area contributed by atoms with Crippen molar-refractivity contribution in [2.24, 2.45) is 0 Å². The highest BCUT2D eigenvalue weighted by Crippen LogP contribution is 2.22. The highest BCUT2D eigenvalue weighted by molar-refractivity contribution is 6.35. The fourth-order valence-corrected chi connectivity index (χ4v) is 2.64. The van der Waals surface area contributed by atoms with Gasteiger partial charge in [-0.3, -0.25) is 9.59 Å². The zero-order valence-electron chi connectivity index (χ0n) is 13.4. The van der Waals surface area contributed by atoms with Gasteiger partial charge in [0.05, 0.1) is 0 Å². The number of nitrogens with zero attached hydrogens (tertiary/aromatic N) is 2. The number of rotatable bonds is 4. The highest BCUT2D eigenvalue weighted by atomic mass is 35.5. The third kappa shape index (κ3) is 4.38. The van der Waals surface area contributed by atoms with E-state index in [1.165, 1.54) is 12.1 Å². The van der Waals surface area contributed by atoms with Crippen molar-refractivity contribution < 1.29 is 14.1 Å². The lowest BCUT2D eigenvalue weighted by atomic mass is 10.2. The molecule has 2 heterocycles. The largest absolute Gasteiger partial charge is 0.360 e. The molecule has 0 radical (unpaired) electrons. The lowest BCUT2D eigenvalue weighted by Gasteiger charge is -2.07. The molecule has 0 spiro atoms. The average Bonchev–Trinajstić information content (AvgIpc) is 2.99. The monoisotopic (exact) mass is 390 g/mol. The van der Waals surface area contributed by atoms with Gasteiger partial charge in [0, 0.05) is 21.8 Å². The highest BCUT2D eigenvalue weighted by Gasteiger charge is 2.14. The maximum Gasteiger partial charge on any atom is 0.275 e. The zero-order valence-corrected chi connectivity index (χ0v) is 14.9. The SMILES string of the molecule is Cc1cc(NC(=O)c2cccc(C(=O)Nc3cc(Cl)cc(Cl)c3)n2)no1. The normalized spacial score (nSPS) is 10.4. The number of carbonyl (C=O) groups is 2. The first kappa shape index (κ1) is 17.9. The number of benzene rings is 1. The Labute approximate surface area is 158 Å². The molecule has 0 fully saturated rings. The third-order valence-electron chi connectivity index (χ3n) is 3.20. The molecule has 3 rings (SSSR count). The summed E-state index contributed by atoms with van der Waals surface area (Å²) >= 11 is 11.8. The number of pyridine rings is 1. The summed E-state index contributed by atoms with van der Waals surface area (Å²) < 4.78 is 4.88. The van der Waals surface area contributed by atoms with Crippen LogP contribution in [0.5, 0.6) is 0 Å². The van der Waals surface area contributed by atoms with Gasteiger partial charge in [0.15, 0.2) is 5.82 Å². The van der Waals surface area contributed by atoms with E-state index in [0.717, 1.165) is 0 Å². The van der Waals surface area contributed by atoms with E-state index in [4.69, 9.17) is 27.7 Å². The number of aryl methyl sites for hydroxylation is 1. The second-order valence-electron chi connectivity index (χ2n) is 5.30. The molecule has 2 aromatic heterocycles. The summed E-state index contributed by atoms with van der Waals surface area (Å²) in [6.45, 7) is 1.70. The van der Waals surface area contributed by atoms with E-state index in [9.17, 15) is 9.59 Å². The Morgan fingerprint density at radius 1 is 0.962 bits per heavy atom. The van der Waals surface area contributed by atoms with Crippen molar-refractivity contribution in [3.63, 3.8) is 0 Å². The molecule has 0 bridgehead atoms. The molecule has 0 aliphatic carbocycles. The van der Waals surface area contributed by atoms with Gasteiger partial charge < -0.3 is 15.2 Å². The molecule has 2 N–H and O–H groups in total. The molecule has 3 aromatic rings. The van der Waals surface area contributed by atoms with Crippen LogP contribution in [0.3, 0.4) is 0 Å². The first-order valence-electron chi connectivity index (χ1n) is 7.40. The minimum Gasteiger partial charge on any atom is -0.360 e. The number of anilines is 2. The Balaban J connectivity index is 1.75. The van der Waals surface area contributed by atoms with Crippen LogP contribution in [0.25, 0.3) is 0 Å². The van der Waals surface area contributed by atoms with Crippen molar-refractivity contribution in [2.45, 2.75) is 6.92 Å².